The summed E-state index contributed by atoms with van der Waals surface area (Å²) in [5, 5.41) is 0.595. The zero-order valence-electron chi connectivity index (χ0n) is 14.8. The highest BCUT2D eigenvalue weighted by Crippen LogP contribution is 2.45. The second kappa shape index (κ2) is 6.21. The minimum absolute atomic E-state index is 0.119. The molecule has 1 fully saturated rings. The van der Waals surface area contributed by atoms with Gasteiger partial charge in [-0.3, -0.25) is 14.6 Å². The van der Waals surface area contributed by atoms with Crippen LogP contribution in [0.3, 0.4) is 0 Å². The highest BCUT2D eigenvalue weighted by atomic mass is 35.5. The molecular weight excluding hydrogens is 378 g/mol. The first kappa shape index (κ1) is 17.0. The zero-order valence-corrected chi connectivity index (χ0v) is 15.6. The van der Waals surface area contributed by atoms with E-state index in [-0.39, 0.29) is 11.8 Å². The van der Waals surface area contributed by atoms with E-state index in [9.17, 15) is 9.59 Å². The molecule has 0 spiro atoms. The van der Waals surface area contributed by atoms with Gasteiger partial charge in [-0.2, -0.15) is 0 Å². The minimum atomic E-state index is -0.947. The smallest absolute Gasteiger partial charge is 0.259 e. The van der Waals surface area contributed by atoms with Gasteiger partial charge < -0.3 is 14.2 Å². The van der Waals surface area contributed by atoms with Gasteiger partial charge in [0.1, 0.15) is 11.9 Å². The number of amides is 2. The summed E-state index contributed by atoms with van der Waals surface area (Å²) in [6.45, 7) is 0.867. The van der Waals surface area contributed by atoms with Crippen molar-refractivity contribution in [2.24, 2.45) is 0 Å². The molecule has 140 valence electrons. The third-order valence-electron chi connectivity index (χ3n) is 5.54. The lowest BCUT2D eigenvalue weighted by Gasteiger charge is -2.46. The standard InChI is InChI=1S/C21H16ClN3O3/c22-16-5-3-15(4-6-16)21-12-18-17(2-1-8-23-18)20(27)25(21)10-9-24(21)19(26)14-7-11-28-13-14/h1-8,11,13H,9-10,12H2. The Labute approximate surface area is 166 Å². The molecule has 1 atom stereocenters. The molecule has 1 saturated heterocycles. The van der Waals surface area contributed by atoms with Gasteiger partial charge in [0.2, 0.25) is 0 Å². The van der Waals surface area contributed by atoms with Gasteiger partial charge in [0.15, 0.2) is 0 Å². The Balaban J connectivity index is 1.71. The van der Waals surface area contributed by atoms with E-state index in [2.05, 4.69) is 4.98 Å². The molecule has 2 aliphatic rings. The van der Waals surface area contributed by atoms with Gasteiger partial charge >= 0.3 is 0 Å². The summed E-state index contributed by atoms with van der Waals surface area (Å²) in [6, 6.07) is 12.5. The first-order chi connectivity index (χ1) is 13.6. The van der Waals surface area contributed by atoms with Crippen molar-refractivity contribution in [1.29, 1.82) is 0 Å². The third kappa shape index (κ3) is 2.31. The molecule has 0 bridgehead atoms. The number of aromatic nitrogens is 1. The molecule has 1 aromatic carbocycles. The number of carbonyl (C=O) groups is 2. The Morgan fingerprint density at radius 1 is 1.14 bits per heavy atom. The van der Waals surface area contributed by atoms with Gasteiger partial charge in [0.05, 0.1) is 23.1 Å². The number of nitrogens with zero attached hydrogens (tertiary/aromatic N) is 3. The van der Waals surface area contributed by atoms with Gasteiger partial charge in [-0.25, -0.2) is 0 Å². The molecule has 3 aromatic rings. The van der Waals surface area contributed by atoms with Crippen molar-refractivity contribution in [3.8, 4) is 0 Å². The number of carbonyl (C=O) groups excluding carboxylic acids is 2. The van der Waals surface area contributed by atoms with E-state index in [1.165, 1.54) is 12.5 Å². The van der Waals surface area contributed by atoms with Crippen molar-refractivity contribution in [1.82, 2.24) is 14.8 Å². The SMILES string of the molecule is O=C(c1ccoc1)N1CCN2C(=O)c3cccnc3CC12c1ccc(Cl)cc1. The maximum atomic E-state index is 13.3. The van der Waals surface area contributed by atoms with Crippen LogP contribution in [0.15, 0.2) is 65.6 Å². The molecular formula is C21H16ClN3O3. The quantitative estimate of drug-likeness (QED) is 0.669. The Morgan fingerprint density at radius 3 is 2.71 bits per heavy atom. The van der Waals surface area contributed by atoms with E-state index < -0.39 is 5.66 Å². The lowest BCUT2D eigenvalue weighted by Crippen LogP contribution is -2.58. The summed E-state index contributed by atoms with van der Waals surface area (Å²) >= 11 is 6.10. The van der Waals surface area contributed by atoms with E-state index in [4.69, 9.17) is 16.0 Å². The highest BCUT2D eigenvalue weighted by Gasteiger charge is 2.56. The average molecular weight is 394 g/mol. The highest BCUT2D eigenvalue weighted by molar-refractivity contribution is 6.30. The maximum absolute atomic E-state index is 13.3. The van der Waals surface area contributed by atoms with Crippen LogP contribution in [0.5, 0.6) is 0 Å². The van der Waals surface area contributed by atoms with Gasteiger partial charge in [0, 0.05) is 30.7 Å². The number of pyridine rings is 1. The number of hydrogen-bond acceptors (Lipinski definition) is 4. The fraction of sp³-hybridized carbons (Fsp3) is 0.190. The van der Waals surface area contributed by atoms with E-state index in [1.54, 1.807) is 46.3 Å². The molecule has 2 amide bonds. The molecule has 28 heavy (non-hydrogen) atoms. The van der Waals surface area contributed by atoms with E-state index in [0.717, 1.165) is 5.56 Å². The van der Waals surface area contributed by atoms with Crippen LogP contribution < -0.4 is 0 Å². The molecule has 6 nitrogen and oxygen atoms in total. The number of rotatable bonds is 2. The van der Waals surface area contributed by atoms with Gasteiger partial charge in [-0.1, -0.05) is 23.7 Å². The number of halogens is 1. The van der Waals surface area contributed by atoms with Crippen molar-refractivity contribution in [2.45, 2.75) is 12.1 Å². The average Bonchev–Trinajstić information content (AvgIpc) is 3.37. The molecule has 1 unspecified atom stereocenters. The molecule has 7 heteroatoms. The minimum Gasteiger partial charge on any atom is -0.472 e. The largest absolute Gasteiger partial charge is 0.472 e. The van der Waals surface area contributed by atoms with Crippen LogP contribution in [0.1, 0.15) is 32.0 Å². The lowest BCUT2D eigenvalue weighted by atomic mass is 9.86. The van der Waals surface area contributed by atoms with Gasteiger partial charge in [-0.05, 0) is 35.9 Å². The van der Waals surface area contributed by atoms with Gasteiger partial charge in [0.25, 0.3) is 11.8 Å². The molecule has 0 saturated carbocycles. The molecule has 0 radical (unpaired) electrons. The first-order valence-corrected chi connectivity index (χ1v) is 9.35. The van der Waals surface area contributed by atoms with Crippen LogP contribution in [0.4, 0.5) is 0 Å². The number of hydrogen-bond donors (Lipinski definition) is 0. The van der Waals surface area contributed by atoms with Crippen molar-refractivity contribution in [2.75, 3.05) is 13.1 Å². The Bertz CT molecular complexity index is 1060. The second-order valence-corrected chi connectivity index (χ2v) is 7.36. The van der Waals surface area contributed by atoms with Crippen molar-refractivity contribution in [3.63, 3.8) is 0 Å². The van der Waals surface area contributed by atoms with Crippen molar-refractivity contribution in [3.05, 3.63) is 88.6 Å². The fourth-order valence-corrected chi connectivity index (χ4v) is 4.40. The maximum Gasteiger partial charge on any atom is 0.259 e. The van der Waals surface area contributed by atoms with Crippen LogP contribution in [0.2, 0.25) is 5.02 Å². The van der Waals surface area contributed by atoms with Crippen LogP contribution in [-0.4, -0.2) is 39.7 Å². The topological polar surface area (TPSA) is 66.7 Å². The van der Waals surface area contributed by atoms with E-state index in [0.29, 0.717) is 41.4 Å². The lowest BCUT2D eigenvalue weighted by molar-refractivity contribution is 0.00702. The summed E-state index contributed by atoms with van der Waals surface area (Å²) in [6.07, 6.45) is 4.99. The number of benzene rings is 1. The molecule has 4 heterocycles. The van der Waals surface area contributed by atoms with Crippen molar-refractivity contribution >= 4 is 23.4 Å². The van der Waals surface area contributed by atoms with Crippen LogP contribution in [-0.2, 0) is 12.1 Å². The predicted molar refractivity (Wildman–Crippen MR) is 102 cm³/mol. The summed E-state index contributed by atoms with van der Waals surface area (Å²) in [5.74, 6) is -0.301. The first-order valence-electron chi connectivity index (χ1n) is 8.97. The molecule has 2 aromatic heterocycles. The number of fused-ring (bicyclic) bond motifs is 2. The molecule has 0 N–H and O–H groups in total. The van der Waals surface area contributed by atoms with Crippen LogP contribution >= 0.6 is 11.6 Å². The summed E-state index contributed by atoms with van der Waals surface area (Å²) in [7, 11) is 0. The Morgan fingerprint density at radius 2 is 1.96 bits per heavy atom. The normalized spacial score (nSPS) is 20.8. The number of furan rings is 1. The molecule has 0 aliphatic carbocycles. The summed E-state index contributed by atoms with van der Waals surface area (Å²) in [5.41, 5.74) is 1.61. The summed E-state index contributed by atoms with van der Waals surface area (Å²) in [4.78, 5) is 34.6. The Hall–Kier alpha value is -3.12. The van der Waals surface area contributed by atoms with Crippen LogP contribution in [0.25, 0.3) is 0 Å². The van der Waals surface area contributed by atoms with E-state index >= 15 is 0 Å². The molecule has 2 aliphatic heterocycles. The van der Waals surface area contributed by atoms with Crippen molar-refractivity contribution < 1.29 is 14.0 Å². The second-order valence-electron chi connectivity index (χ2n) is 6.92. The fourth-order valence-electron chi connectivity index (χ4n) is 4.27. The third-order valence-corrected chi connectivity index (χ3v) is 5.79. The predicted octanol–water partition coefficient (Wildman–Crippen LogP) is 3.34. The zero-order chi connectivity index (χ0) is 19.3. The monoisotopic (exact) mass is 393 g/mol. The molecule has 5 rings (SSSR count). The van der Waals surface area contributed by atoms with Gasteiger partial charge in [-0.15, -0.1) is 0 Å². The summed E-state index contributed by atoms with van der Waals surface area (Å²) < 4.78 is 5.11. The van der Waals surface area contributed by atoms with E-state index in [1.807, 2.05) is 12.1 Å². The Kier molecular flexibility index (Phi) is 3.77. The van der Waals surface area contributed by atoms with Crippen LogP contribution in [0, 0.1) is 0 Å².